The lowest BCUT2D eigenvalue weighted by atomic mass is 10.1. The molecule has 1 N–H and O–H groups in total. The van der Waals surface area contributed by atoms with E-state index in [0.717, 1.165) is 11.1 Å². The third-order valence-electron chi connectivity index (χ3n) is 5.74. The van der Waals surface area contributed by atoms with Crippen LogP contribution in [-0.2, 0) is 16.1 Å². The number of halogens is 4. The number of hydrogen-bond acceptors (Lipinski definition) is 5. The van der Waals surface area contributed by atoms with Crippen molar-refractivity contribution in [2.75, 3.05) is 25.6 Å². The van der Waals surface area contributed by atoms with Gasteiger partial charge in [-0.1, -0.05) is 76.7 Å². The van der Waals surface area contributed by atoms with E-state index in [-0.39, 0.29) is 19.1 Å². The number of hydrogen-bond donors (Lipinski definition) is 1. The molecule has 0 saturated heterocycles. The summed E-state index contributed by atoms with van der Waals surface area (Å²) in [5.41, 5.74) is 1.68. The van der Waals surface area contributed by atoms with E-state index >= 15 is 0 Å². The SMILES string of the molecule is COc1ccccc1NC(=O)CN1C=CN(C(Cl)C(OCc2ccc(Cl)cc2Cl)c2ccc(Cl)cc2)C1. The van der Waals surface area contributed by atoms with E-state index in [1.807, 2.05) is 52.5 Å². The fourth-order valence-corrected chi connectivity index (χ4v) is 4.78. The summed E-state index contributed by atoms with van der Waals surface area (Å²) in [5.74, 6) is 0.420. The molecular formula is C27H25Cl4N3O3. The van der Waals surface area contributed by atoms with Gasteiger partial charge < -0.3 is 24.6 Å². The third-order valence-corrected chi connectivity index (χ3v) is 7.06. The summed E-state index contributed by atoms with van der Waals surface area (Å²) in [6.45, 7) is 0.777. The van der Waals surface area contributed by atoms with Crippen LogP contribution in [0, 0.1) is 0 Å². The molecule has 10 heteroatoms. The number of alkyl halides is 1. The fourth-order valence-electron chi connectivity index (χ4n) is 3.85. The molecule has 3 aromatic rings. The van der Waals surface area contributed by atoms with Gasteiger partial charge in [-0.15, -0.1) is 0 Å². The minimum absolute atomic E-state index is 0.140. The summed E-state index contributed by atoms with van der Waals surface area (Å²) < 4.78 is 11.6. The summed E-state index contributed by atoms with van der Waals surface area (Å²) >= 11 is 25.4. The van der Waals surface area contributed by atoms with Crippen LogP contribution in [0.25, 0.3) is 0 Å². The molecule has 0 saturated carbocycles. The molecule has 0 spiro atoms. The highest BCUT2D eigenvalue weighted by molar-refractivity contribution is 6.35. The smallest absolute Gasteiger partial charge is 0.244 e. The van der Waals surface area contributed by atoms with E-state index in [2.05, 4.69) is 5.32 Å². The van der Waals surface area contributed by atoms with Gasteiger partial charge >= 0.3 is 0 Å². The lowest BCUT2D eigenvalue weighted by Gasteiger charge is -2.31. The van der Waals surface area contributed by atoms with E-state index in [0.29, 0.717) is 33.2 Å². The highest BCUT2D eigenvalue weighted by Gasteiger charge is 2.30. The second-order valence-corrected chi connectivity index (χ2v) is 10.1. The maximum atomic E-state index is 12.7. The first-order valence-corrected chi connectivity index (χ1v) is 13.0. The molecule has 2 unspecified atom stereocenters. The second-order valence-electron chi connectivity index (χ2n) is 8.34. The Labute approximate surface area is 236 Å². The van der Waals surface area contributed by atoms with Crippen LogP contribution >= 0.6 is 46.4 Å². The zero-order valence-corrected chi connectivity index (χ0v) is 22.9. The molecule has 4 rings (SSSR count). The first-order chi connectivity index (χ1) is 17.8. The molecule has 0 aromatic heterocycles. The van der Waals surface area contributed by atoms with Crippen molar-refractivity contribution in [3.05, 3.63) is 105 Å². The Bertz CT molecular complexity index is 1260. The summed E-state index contributed by atoms with van der Waals surface area (Å²) in [5, 5.41) is 4.56. The van der Waals surface area contributed by atoms with Crippen LogP contribution in [0.15, 0.2) is 79.1 Å². The van der Waals surface area contributed by atoms with Crippen molar-refractivity contribution in [3.63, 3.8) is 0 Å². The van der Waals surface area contributed by atoms with Gasteiger partial charge in [0.2, 0.25) is 5.91 Å². The molecule has 1 amide bonds. The number of benzene rings is 3. The van der Waals surface area contributed by atoms with E-state index in [1.165, 1.54) is 0 Å². The summed E-state index contributed by atoms with van der Waals surface area (Å²) in [4.78, 5) is 16.4. The van der Waals surface area contributed by atoms with Crippen molar-refractivity contribution in [2.45, 2.75) is 18.2 Å². The monoisotopic (exact) mass is 579 g/mol. The maximum absolute atomic E-state index is 12.7. The Balaban J connectivity index is 1.41. The third kappa shape index (κ3) is 7.24. The maximum Gasteiger partial charge on any atom is 0.244 e. The Hall–Kier alpha value is -2.61. The molecule has 1 heterocycles. The molecular weight excluding hydrogens is 556 g/mol. The van der Waals surface area contributed by atoms with Gasteiger partial charge in [-0.25, -0.2) is 0 Å². The number of ether oxygens (including phenoxy) is 2. The molecule has 2 atom stereocenters. The Morgan fingerprint density at radius 2 is 1.73 bits per heavy atom. The zero-order valence-electron chi connectivity index (χ0n) is 19.9. The van der Waals surface area contributed by atoms with Crippen LogP contribution in [0.5, 0.6) is 5.75 Å². The Morgan fingerprint density at radius 3 is 2.46 bits per heavy atom. The van der Waals surface area contributed by atoms with Gasteiger partial charge in [0.15, 0.2) is 0 Å². The molecule has 0 fully saturated rings. The largest absolute Gasteiger partial charge is 0.495 e. The van der Waals surface area contributed by atoms with E-state index in [1.54, 1.807) is 43.5 Å². The normalized spacial score (nSPS) is 14.5. The van der Waals surface area contributed by atoms with E-state index in [9.17, 15) is 4.79 Å². The van der Waals surface area contributed by atoms with Crippen molar-refractivity contribution < 1.29 is 14.3 Å². The summed E-state index contributed by atoms with van der Waals surface area (Å²) in [7, 11) is 1.56. The number of carbonyl (C=O) groups excluding carboxylic acids is 1. The number of methoxy groups -OCH3 is 1. The van der Waals surface area contributed by atoms with Crippen molar-refractivity contribution in [2.24, 2.45) is 0 Å². The second kappa shape index (κ2) is 12.8. The van der Waals surface area contributed by atoms with Gasteiger partial charge in [0.25, 0.3) is 0 Å². The predicted molar refractivity (Wildman–Crippen MR) is 149 cm³/mol. The highest BCUT2D eigenvalue weighted by atomic mass is 35.5. The number of carbonyl (C=O) groups is 1. The van der Waals surface area contributed by atoms with Crippen LogP contribution in [0.4, 0.5) is 5.69 Å². The van der Waals surface area contributed by atoms with Crippen LogP contribution < -0.4 is 10.1 Å². The lowest BCUT2D eigenvalue weighted by molar-refractivity contribution is -0.117. The molecule has 194 valence electrons. The molecule has 1 aliphatic rings. The summed E-state index contributed by atoms with van der Waals surface area (Å²) in [6, 6.07) is 19.9. The average molecular weight is 581 g/mol. The number of nitrogens with zero attached hydrogens (tertiary/aromatic N) is 2. The van der Waals surface area contributed by atoms with Gasteiger partial charge in [-0.2, -0.15) is 0 Å². The molecule has 0 bridgehead atoms. The topological polar surface area (TPSA) is 54.0 Å². The molecule has 37 heavy (non-hydrogen) atoms. The Kier molecular flexibility index (Phi) is 9.46. The van der Waals surface area contributed by atoms with Crippen molar-refractivity contribution in [3.8, 4) is 5.75 Å². The molecule has 1 aliphatic heterocycles. The molecule has 6 nitrogen and oxygen atoms in total. The number of para-hydroxylation sites is 2. The lowest BCUT2D eigenvalue weighted by Crippen LogP contribution is -2.38. The van der Waals surface area contributed by atoms with Crippen molar-refractivity contribution in [1.29, 1.82) is 0 Å². The molecule has 3 aromatic carbocycles. The van der Waals surface area contributed by atoms with Gasteiger partial charge in [0.05, 0.1) is 32.6 Å². The average Bonchev–Trinajstić information content (AvgIpc) is 3.34. The van der Waals surface area contributed by atoms with Gasteiger partial charge in [0, 0.05) is 27.5 Å². The Morgan fingerprint density at radius 1 is 1.00 bits per heavy atom. The van der Waals surface area contributed by atoms with Gasteiger partial charge in [-0.05, 0) is 47.5 Å². The summed E-state index contributed by atoms with van der Waals surface area (Å²) in [6.07, 6.45) is 3.15. The quantitative estimate of drug-likeness (QED) is 0.204. The van der Waals surface area contributed by atoms with Crippen LogP contribution in [0.2, 0.25) is 15.1 Å². The number of nitrogens with one attached hydrogen (secondary N) is 1. The first-order valence-electron chi connectivity index (χ1n) is 11.4. The molecule has 0 radical (unpaired) electrons. The van der Waals surface area contributed by atoms with Crippen molar-refractivity contribution >= 4 is 58.0 Å². The minimum Gasteiger partial charge on any atom is -0.495 e. The molecule has 0 aliphatic carbocycles. The van der Waals surface area contributed by atoms with E-state index in [4.69, 9.17) is 55.9 Å². The first kappa shape index (κ1) is 27.4. The van der Waals surface area contributed by atoms with Crippen LogP contribution in [0.1, 0.15) is 17.2 Å². The van der Waals surface area contributed by atoms with Gasteiger partial charge in [0.1, 0.15) is 17.4 Å². The fraction of sp³-hybridized carbons (Fsp3) is 0.222. The zero-order chi connectivity index (χ0) is 26.4. The van der Waals surface area contributed by atoms with Crippen LogP contribution in [0.3, 0.4) is 0 Å². The number of rotatable bonds is 10. The van der Waals surface area contributed by atoms with E-state index < -0.39 is 11.6 Å². The number of anilines is 1. The van der Waals surface area contributed by atoms with Gasteiger partial charge in [-0.3, -0.25) is 4.79 Å². The standard InChI is InChI=1S/C27H25Cl4N3O3/c1-36-24-5-3-2-4-23(24)32-25(35)15-33-12-13-34(17-33)27(31)26(18-6-9-20(28)10-7-18)37-16-19-8-11-21(29)14-22(19)30/h2-14,26-27H,15-17H2,1H3,(H,32,35). The highest BCUT2D eigenvalue weighted by Crippen LogP contribution is 2.33. The van der Waals surface area contributed by atoms with Crippen LogP contribution in [-0.4, -0.2) is 41.5 Å². The predicted octanol–water partition coefficient (Wildman–Crippen LogP) is 7.16. The number of amides is 1. The van der Waals surface area contributed by atoms with Crippen molar-refractivity contribution in [1.82, 2.24) is 9.80 Å². The minimum atomic E-state index is -0.578.